The van der Waals surface area contributed by atoms with Crippen molar-refractivity contribution in [2.45, 2.75) is 152 Å². The Morgan fingerprint density at radius 2 is 0.576 bits per heavy atom. The predicted octanol–water partition coefficient (Wildman–Crippen LogP) is 15.0. The third kappa shape index (κ3) is 22.1. The first kappa shape index (κ1) is 72.9. The SMILES string of the molecule is CC1[C@H](F)OC(COCc2ccccc2)[C@H](OCc2ccccc2)[C@@H]1OCc1ccccc1.CS[C@H]1OC(COCc2ccccc2)[C@@H](OCc2ccccc2)[C@H](OCc2ccccc2)C1O[C@H]1OC(CO)[C@@H](OCc2ccccc2)[C@H](OCc2ccccc2)C1OCc1ccccc1. The van der Waals surface area contributed by atoms with Crippen LogP contribution in [0.5, 0.6) is 0 Å². The Bertz CT molecular complexity index is 3610. The van der Waals surface area contributed by atoms with E-state index in [1.54, 1.807) is 6.92 Å². The molecule has 9 aromatic rings. The van der Waals surface area contributed by atoms with E-state index in [1.165, 1.54) is 11.8 Å². The maximum atomic E-state index is 14.9. The summed E-state index contributed by atoms with van der Waals surface area (Å²) in [5.41, 5.74) is 8.53. The molecule has 3 fully saturated rings. The van der Waals surface area contributed by atoms with E-state index in [2.05, 4.69) is 0 Å². The van der Waals surface area contributed by atoms with Crippen LogP contribution < -0.4 is 0 Å². The highest BCUT2D eigenvalue weighted by Gasteiger charge is 2.54. The monoisotopic (exact) mass is 1360 g/mol. The van der Waals surface area contributed by atoms with E-state index < -0.39 is 91.1 Å². The Morgan fingerprint density at radius 1 is 0.313 bits per heavy atom. The van der Waals surface area contributed by atoms with E-state index in [-0.39, 0.29) is 46.2 Å². The molecule has 0 amide bonds. The van der Waals surface area contributed by atoms with Crippen LogP contribution in [-0.4, -0.2) is 116 Å². The van der Waals surface area contributed by atoms with Crippen LogP contribution in [0.4, 0.5) is 4.39 Å². The fourth-order valence-electron chi connectivity index (χ4n) is 12.3. The van der Waals surface area contributed by atoms with E-state index in [0.29, 0.717) is 33.0 Å². The van der Waals surface area contributed by atoms with Gasteiger partial charge in [0.25, 0.3) is 0 Å². The van der Waals surface area contributed by atoms with Gasteiger partial charge in [0.15, 0.2) is 6.29 Å². The second-order valence-electron chi connectivity index (χ2n) is 24.8. The lowest BCUT2D eigenvalue weighted by atomic mass is 9.92. The van der Waals surface area contributed by atoms with E-state index >= 15 is 0 Å². The number of halogens is 1. The molecule has 16 heteroatoms. The van der Waals surface area contributed by atoms with Crippen molar-refractivity contribution in [3.8, 4) is 0 Å². The largest absolute Gasteiger partial charge is 0.394 e. The smallest absolute Gasteiger partial charge is 0.204 e. The summed E-state index contributed by atoms with van der Waals surface area (Å²) in [6.45, 7) is 4.85. The summed E-state index contributed by atoms with van der Waals surface area (Å²) < 4.78 is 101. The van der Waals surface area contributed by atoms with Gasteiger partial charge < -0.3 is 66.7 Å². The Morgan fingerprint density at radius 3 is 0.899 bits per heavy atom. The minimum Gasteiger partial charge on any atom is -0.394 e. The van der Waals surface area contributed by atoms with Crippen molar-refractivity contribution >= 4 is 11.8 Å². The Kier molecular flexibility index (Phi) is 29.2. The average Bonchev–Trinajstić information content (AvgIpc) is 0.775. The third-order valence-corrected chi connectivity index (χ3v) is 18.4. The molecule has 0 aliphatic carbocycles. The van der Waals surface area contributed by atoms with E-state index in [9.17, 15) is 9.50 Å². The van der Waals surface area contributed by atoms with Crippen LogP contribution in [-0.2, 0) is 121 Å². The molecule has 99 heavy (non-hydrogen) atoms. The molecule has 3 aliphatic rings. The minimum atomic E-state index is -1.45. The van der Waals surface area contributed by atoms with Gasteiger partial charge in [-0.1, -0.05) is 280 Å². The second-order valence-corrected chi connectivity index (χ2v) is 25.8. The highest BCUT2D eigenvalue weighted by atomic mass is 32.2. The van der Waals surface area contributed by atoms with Gasteiger partial charge in [-0.25, -0.2) is 4.39 Å². The Hall–Kier alpha value is -7.30. The van der Waals surface area contributed by atoms with Gasteiger partial charge >= 0.3 is 0 Å². The zero-order valence-electron chi connectivity index (χ0n) is 56.2. The van der Waals surface area contributed by atoms with Crippen LogP contribution in [0, 0.1) is 5.92 Å². The molecule has 3 aliphatic heterocycles. The average molecular weight is 1360 g/mol. The molecule has 520 valence electrons. The molecule has 0 aromatic heterocycles. The van der Waals surface area contributed by atoms with Crippen molar-refractivity contribution in [3.05, 3.63) is 323 Å². The van der Waals surface area contributed by atoms with Crippen LogP contribution in [0.1, 0.15) is 57.0 Å². The summed E-state index contributed by atoms with van der Waals surface area (Å²) in [6.07, 6.45) is -7.86. The van der Waals surface area contributed by atoms with Crippen LogP contribution in [0.15, 0.2) is 273 Å². The third-order valence-electron chi connectivity index (χ3n) is 17.6. The van der Waals surface area contributed by atoms with Gasteiger partial charge in [0.05, 0.1) is 85.4 Å². The number of benzene rings is 9. The number of alkyl halides is 1. The summed E-state index contributed by atoms with van der Waals surface area (Å²) >= 11 is 1.51. The molecule has 0 saturated carbocycles. The molecular formula is C83H91FO14S. The fraction of sp³-hybridized carbons (Fsp3) is 0.349. The van der Waals surface area contributed by atoms with Gasteiger partial charge in [-0.05, 0) is 56.3 Å². The summed E-state index contributed by atoms with van der Waals surface area (Å²) in [7, 11) is 0. The minimum absolute atomic E-state index is 0.215. The topological polar surface area (TPSA) is 140 Å². The first-order valence-electron chi connectivity index (χ1n) is 34.1. The zero-order chi connectivity index (χ0) is 68.1. The molecular weight excluding hydrogens is 1270 g/mol. The van der Waals surface area contributed by atoms with Crippen LogP contribution in [0.2, 0.25) is 0 Å². The predicted molar refractivity (Wildman–Crippen MR) is 379 cm³/mol. The van der Waals surface area contributed by atoms with Crippen LogP contribution in [0.25, 0.3) is 0 Å². The van der Waals surface area contributed by atoms with Crippen molar-refractivity contribution in [1.82, 2.24) is 0 Å². The first-order valence-corrected chi connectivity index (χ1v) is 35.4. The van der Waals surface area contributed by atoms with Crippen LogP contribution in [0.3, 0.4) is 0 Å². The molecule has 15 atom stereocenters. The normalized spacial score (nSPS) is 25.3. The second kappa shape index (κ2) is 39.6. The lowest BCUT2D eigenvalue weighted by Crippen LogP contribution is -2.65. The van der Waals surface area contributed by atoms with Gasteiger partial charge in [0, 0.05) is 5.92 Å². The highest BCUT2D eigenvalue weighted by Crippen LogP contribution is 2.39. The summed E-state index contributed by atoms with van der Waals surface area (Å²) in [4.78, 5) is 0. The first-order chi connectivity index (χ1) is 48.8. The van der Waals surface area contributed by atoms with Crippen molar-refractivity contribution in [2.24, 2.45) is 5.92 Å². The highest BCUT2D eigenvalue weighted by molar-refractivity contribution is 7.99. The molecule has 0 radical (unpaired) electrons. The van der Waals surface area contributed by atoms with E-state index in [0.717, 1.165) is 50.1 Å². The quantitative estimate of drug-likeness (QED) is 0.0417. The van der Waals surface area contributed by atoms with Gasteiger partial charge in [0.2, 0.25) is 6.36 Å². The molecule has 14 nitrogen and oxygen atoms in total. The van der Waals surface area contributed by atoms with Crippen molar-refractivity contribution < 1.29 is 71.1 Å². The van der Waals surface area contributed by atoms with Crippen molar-refractivity contribution in [2.75, 3.05) is 26.1 Å². The number of aliphatic hydroxyl groups is 1. The van der Waals surface area contributed by atoms with Crippen molar-refractivity contribution in [3.63, 3.8) is 0 Å². The van der Waals surface area contributed by atoms with Gasteiger partial charge in [-0.2, -0.15) is 0 Å². The molecule has 0 spiro atoms. The lowest BCUT2D eigenvalue weighted by molar-refractivity contribution is -0.356. The van der Waals surface area contributed by atoms with Gasteiger partial charge in [-0.15, -0.1) is 11.8 Å². The van der Waals surface area contributed by atoms with Gasteiger partial charge in [-0.3, -0.25) is 0 Å². The van der Waals surface area contributed by atoms with Crippen LogP contribution >= 0.6 is 11.8 Å². The maximum Gasteiger partial charge on any atom is 0.204 e. The number of aliphatic hydroxyl groups excluding tert-OH is 1. The fourth-order valence-corrected chi connectivity index (χ4v) is 13.0. The van der Waals surface area contributed by atoms with E-state index in [4.69, 9.17) is 61.6 Å². The summed E-state index contributed by atoms with van der Waals surface area (Å²) in [5, 5.41) is 11.1. The zero-order valence-corrected chi connectivity index (χ0v) is 57.0. The number of hydrogen-bond donors (Lipinski definition) is 1. The molecule has 1 N–H and O–H groups in total. The van der Waals surface area contributed by atoms with Gasteiger partial charge in [0.1, 0.15) is 66.5 Å². The molecule has 6 unspecified atom stereocenters. The Labute approximate surface area is 586 Å². The Balaban J connectivity index is 0.000000250. The molecule has 3 heterocycles. The standard InChI is InChI=1S/C55H60O10S.C28H31FO4/c1-66-55-53(51(61-37-44-28-16-6-17-29-44)49(59-35-42-24-12-4-13-25-42)47(64-55)39-57-33-40-20-8-2-9-21-40)65-54-52(62-38-45-30-18-7-19-31-45)50(60-36-43-26-14-5-15-27-43)48(46(32-56)63-54)58-34-41-22-10-3-11-23-41;1-21-26(31-18-23-13-7-3-8-14-23)27(32-19-24-15-9-4-10-16-24)25(33-28(21)29)20-30-17-22-11-5-2-6-12-22/h2-31,46-56H,32-39H2,1H3;2-16,21,25-28H,17-20H2,1H3/t46?,47?,48-,49-,50+,51+,52?,53?,54-,55-;21?,25?,26-,27+,28-/m11/s1. The number of ether oxygens (including phenoxy) is 13. The molecule has 9 aromatic carbocycles. The maximum absolute atomic E-state index is 14.9. The number of hydrogen-bond acceptors (Lipinski definition) is 15. The summed E-state index contributed by atoms with van der Waals surface area (Å²) in [6, 6.07) is 89.7. The molecule has 12 rings (SSSR count). The van der Waals surface area contributed by atoms with Crippen molar-refractivity contribution in [1.29, 1.82) is 0 Å². The number of rotatable bonds is 33. The van der Waals surface area contributed by atoms with E-state index in [1.807, 2.05) is 279 Å². The molecule has 0 bridgehead atoms. The number of thioether (sulfide) groups is 1. The lowest BCUT2D eigenvalue weighted by Gasteiger charge is -2.50. The molecule has 3 saturated heterocycles. The summed E-state index contributed by atoms with van der Waals surface area (Å²) in [5.74, 6) is -0.472.